The number of nitrogens with two attached hydrogens (primary N) is 1. The van der Waals surface area contributed by atoms with Crippen LogP contribution in [-0.2, 0) is 13.1 Å². The number of nitrogens with one attached hydrogen (secondary N) is 1. The molecular weight excluding hydrogens is 298 g/mol. The van der Waals surface area contributed by atoms with Crippen molar-refractivity contribution < 1.29 is 0 Å². The second kappa shape index (κ2) is 7.57. The topological polar surface area (TPSA) is 67.1 Å². The van der Waals surface area contributed by atoms with Crippen molar-refractivity contribution in [3.05, 3.63) is 83.6 Å². The van der Waals surface area contributed by atoms with Gasteiger partial charge in [-0.3, -0.25) is 5.43 Å². The molecule has 0 fully saturated rings. The summed E-state index contributed by atoms with van der Waals surface area (Å²) in [6.07, 6.45) is 0. The molecule has 3 aromatic rings. The quantitative estimate of drug-likeness (QED) is 0.539. The van der Waals surface area contributed by atoms with Crippen molar-refractivity contribution in [1.29, 1.82) is 0 Å². The number of hydrazine groups is 1. The Morgan fingerprint density at radius 1 is 0.875 bits per heavy atom. The lowest BCUT2D eigenvalue weighted by atomic mass is 10.1. The molecule has 5 nitrogen and oxygen atoms in total. The van der Waals surface area contributed by atoms with Gasteiger partial charge in [-0.15, -0.1) is 0 Å². The Bertz CT molecular complexity index is 733. The number of anilines is 2. The Kier molecular flexibility index (Phi) is 5.03. The van der Waals surface area contributed by atoms with Crippen molar-refractivity contribution in [2.24, 2.45) is 5.84 Å². The Morgan fingerprint density at radius 3 is 1.92 bits per heavy atom. The molecule has 0 aliphatic carbocycles. The summed E-state index contributed by atoms with van der Waals surface area (Å²) in [7, 11) is 0. The van der Waals surface area contributed by atoms with Gasteiger partial charge >= 0.3 is 0 Å². The number of aryl methyl sites for hydroxylation is 1. The van der Waals surface area contributed by atoms with E-state index in [1.165, 1.54) is 11.1 Å². The van der Waals surface area contributed by atoms with Crippen LogP contribution in [0.15, 0.2) is 66.7 Å². The summed E-state index contributed by atoms with van der Waals surface area (Å²) >= 11 is 0. The van der Waals surface area contributed by atoms with E-state index in [1.807, 2.05) is 49.4 Å². The van der Waals surface area contributed by atoms with Crippen LogP contribution in [0.5, 0.6) is 0 Å². The van der Waals surface area contributed by atoms with E-state index >= 15 is 0 Å². The minimum atomic E-state index is 0.427. The standard InChI is InChI=1S/C19H21N5/c1-15-12-18(22-19(21-15)23-20)24(13-16-8-4-2-5-9-16)14-17-10-6-3-7-11-17/h2-12H,13-14,20H2,1H3,(H,21,22,23). The van der Waals surface area contributed by atoms with Gasteiger partial charge in [0.25, 0.3) is 0 Å². The highest BCUT2D eigenvalue weighted by molar-refractivity contribution is 5.46. The van der Waals surface area contributed by atoms with E-state index in [-0.39, 0.29) is 0 Å². The lowest BCUT2D eigenvalue weighted by molar-refractivity contribution is 0.779. The molecule has 0 saturated carbocycles. The van der Waals surface area contributed by atoms with Gasteiger partial charge in [0, 0.05) is 24.8 Å². The number of benzene rings is 2. The van der Waals surface area contributed by atoms with Crippen molar-refractivity contribution >= 4 is 11.8 Å². The molecule has 0 bridgehead atoms. The summed E-state index contributed by atoms with van der Waals surface area (Å²) < 4.78 is 0. The molecule has 0 unspecified atom stereocenters. The fourth-order valence-corrected chi connectivity index (χ4v) is 2.60. The van der Waals surface area contributed by atoms with E-state index in [0.717, 1.165) is 24.6 Å². The van der Waals surface area contributed by atoms with Crippen molar-refractivity contribution in [1.82, 2.24) is 9.97 Å². The first-order valence-corrected chi connectivity index (χ1v) is 7.89. The molecule has 2 aromatic carbocycles. The van der Waals surface area contributed by atoms with Gasteiger partial charge in [0.2, 0.25) is 5.95 Å². The number of nitrogens with zero attached hydrogens (tertiary/aromatic N) is 3. The molecule has 1 heterocycles. The number of hydrogen-bond acceptors (Lipinski definition) is 5. The number of aromatic nitrogens is 2. The molecule has 0 radical (unpaired) electrons. The van der Waals surface area contributed by atoms with Gasteiger partial charge in [0.15, 0.2) is 0 Å². The van der Waals surface area contributed by atoms with Gasteiger partial charge in [-0.2, -0.15) is 4.98 Å². The van der Waals surface area contributed by atoms with Crippen LogP contribution in [-0.4, -0.2) is 9.97 Å². The molecule has 3 N–H and O–H groups in total. The predicted octanol–water partition coefficient (Wildman–Crippen LogP) is 3.28. The average Bonchev–Trinajstić information content (AvgIpc) is 2.62. The highest BCUT2D eigenvalue weighted by Gasteiger charge is 2.12. The van der Waals surface area contributed by atoms with Gasteiger partial charge in [0.1, 0.15) is 5.82 Å². The summed E-state index contributed by atoms with van der Waals surface area (Å²) in [5, 5.41) is 0. The van der Waals surface area contributed by atoms with Gasteiger partial charge < -0.3 is 4.90 Å². The van der Waals surface area contributed by atoms with Crippen LogP contribution >= 0.6 is 0 Å². The van der Waals surface area contributed by atoms with Crippen LogP contribution in [0, 0.1) is 6.92 Å². The molecule has 0 saturated heterocycles. The first-order chi connectivity index (χ1) is 11.7. The zero-order chi connectivity index (χ0) is 16.8. The van der Waals surface area contributed by atoms with Gasteiger partial charge in [-0.25, -0.2) is 10.8 Å². The smallest absolute Gasteiger partial charge is 0.239 e. The van der Waals surface area contributed by atoms with E-state index in [1.54, 1.807) is 0 Å². The largest absolute Gasteiger partial charge is 0.348 e. The van der Waals surface area contributed by atoms with Crippen LogP contribution in [0.2, 0.25) is 0 Å². The fraction of sp³-hybridized carbons (Fsp3) is 0.158. The van der Waals surface area contributed by atoms with Crippen molar-refractivity contribution in [3.63, 3.8) is 0 Å². The highest BCUT2D eigenvalue weighted by Crippen LogP contribution is 2.20. The van der Waals surface area contributed by atoms with E-state index in [4.69, 9.17) is 5.84 Å². The van der Waals surface area contributed by atoms with Crippen LogP contribution in [0.25, 0.3) is 0 Å². The first kappa shape index (κ1) is 16.0. The van der Waals surface area contributed by atoms with E-state index < -0.39 is 0 Å². The normalized spacial score (nSPS) is 10.4. The van der Waals surface area contributed by atoms with Gasteiger partial charge in [-0.1, -0.05) is 60.7 Å². The van der Waals surface area contributed by atoms with Crippen LogP contribution < -0.4 is 16.2 Å². The molecule has 122 valence electrons. The summed E-state index contributed by atoms with van der Waals surface area (Å²) in [5.41, 5.74) is 5.87. The van der Waals surface area contributed by atoms with Crippen molar-refractivity contribution in [3.8, 4) is 0 Å². The Balaban J connectivity index is 1.93. The summed E-state index contributed by atoms with van der Waals surface area (Å²) in [5.74, 6) is 6.78. The average molecular weight is 319 g/mol. The van der Waals surface area contributed by atoms with E-state index in [2.05, 4.69) is 44.6 Å². The molecule has 0 atom stereocenters. The van der Waals surface area contributed by atoms with Crippen molar-refractivity contribution in [2.45, 2.75) is 20.0 Å². The summed E-state index contributed by atoms with van der Waals surface area (Å²) in [6, 6.07) is 22.7. The molecule has 0 aliphatic heterocycles. The number of nitrogen functional groups attached to an aromatic ring is 1. The maximum Gasteiger partial charge on any atom is 0.239 e. The minimum absolute atomic E-state index is 0.427. The minimum Gasteiger partial charge on any atom is -0.348 e. The third-order valence-corrected chi connectivity index (χ3v) is 3.73. The highest BCUT2D eigenvalue weighted by atomic mass is 15.3. The maximum atomic E-state index is 5.50. The third kappa shape index (κ3) is 4.08. The van der Waals surface area contributed by atoms with Crippen molar-refractivity contribution in [2.75, 3.05) is 10.3 Å². The summed E-state index contributed by atoms with van der Waals surface area (Å²) in [6.45, 7) is 3.46. The fourth-order valence-electron chi connectivity index (χ4n) is 2.60. The molecule has 0 spiro atoms. The third-order valence-electron chi connectivity index (χ3n) is 3.73. The molecule has 5 heteroatoms. The molecule has 3 rings (SSSR count). The van der Waals surface area contributed by atoms with Crippen LogP contribution in [0.4, 0.5) is 11.8 Å². The van der Waals surface area contributed by atoms with E-state index in [0.29, 0.717) is 5.95 Å². The van der Waals surface area contributed by atoms with Crippen LogP contribution in [0.1, 0.15) is 16.8 Å². The Morgan fingerprint density at radius 2 is 1.42 bits per heavy atom. The second-order valence-electron chi connectivity index (χ2n) is 5.66. The molecular formula is C19H21N5. The molecule has 0 amide bonds. The predicted molar refractivity (Wildman–Crippen MR) is 97.4 cm³/mol. The van der Waals surface area contributed by atoms with Gasteiger partial charge in [-0.05, 0) is 18.1 Å². The monoisotopic (exact) mass is 319 g/mol. The van der Waals surface area contributed by atoms with E-state index in [9.17, 15) is 0 Å². The molecule has 24 heavy (non-hydrogen) atoms. The maximum absolute atomic E-state index is 5.50. The lowest BCUT2D eigenvalue weighted by Gasteiger charge is -2.24. The lowest BCUT2D eigenvalue weighted by Crippen LogP contribution is -2.24. The SMILES string of the molecule is Cc1cc(N(Cc2ccccc2)Cc2ccccc2)nc(NN)n1. The number of rotatable bonds is 6. The Hall–Kier alpha value is -2.92. The molecule has 1 aromatic heterocycles. The molecule has 0 aliphatic rings. The zero-order valence-electron chi connectivity index (χ0n) is 13.7. The Labute approximate surface area is 142 Å². The zero-order valence-corrected chi connectivity index (χ0v) is 13.7. The van der Waals surface area contributed by atoms with Gasteiger partial charge in [0.05, 0.1) is 0 Å². The second-order valence-corrected chi connectivity index (χ2v) is 5.66. The number of hydrogen-bond donors (Lipinski definition) is 2. The van der Waals surface area contributed by atoms with Crippen LogP contribution in [0.3, 0.4) is 0 Å². The first-order valence-electron chi connectivity index (χ1n) is 7.89. The summed E-state index contributed by atoms with van der Waals surface area (Å²) in [4.78, 5) is 11.0.